The number of piperazine rings is 1. The average molecular weight is 461 g/mol. The molecule has 32 heavy (non-hydrogen) atoms. The van der Waals surface area contributed by atoms with Crippen molar-refractivity contribution >= 4 is 27.4 Å². The van der Waals surface area contributed by atoms with Gasteiger partial charge >= 0.3 is 0 Å². The van der Waals surface area contributed by atoms with E-state index < -0.39 is 10.1 Å². The maximum atomic E-state index is 12.6. The Hall–Kier alpha value is -2.46. The molecule has 174 valence electrons. The largest absolute Gasteiger partial charge is 0.377 e. The highest BCUT2D eigenvalue weighted by atomic mass is 32.2. The molecule has 9 heteroatoms. The van der Waals surface area contributed by atoms with E-state index in [0.717, 1.165) is 55.2 Å². The van der Waals surface area contributed by atoms with Gasteiger partial charge in [-0.05, 0) is 42.3 Å². The quantitative estimate of drug-likeness (QED) is 0.584. The van der Waals surface area contributed by atoms with E-state index in [1.807, 2.05) is 73.3 Å². The number of aryl methyl sites for hydroxylation is 1. The number of hydrogen-bond acceptors (Lipinski definition) is 6. The lowest BCUT2D eigenvalue weighted by atomic mass is 10.1. The van der Waals surface area contributed by atoms with Crippen molar-refractivity contribution in [2.45, 2.75) is 13.5 Å². The fourth-order valence-electron chi connectivity index (χ4n) is 3.81. The van der Waals surface area contributed by atoms with Crippen LogP contribution in [0, 0.1) is 6.92 Å². The van der Waals surface area contributed by atoms with Crippen molar-refractivity contribution in [1.82, 2.24) is 9.80 Å². The molecule has 2 aromatic rings. The topological polar surface area (TPSA) is 93.2 Å². The van der Waals surface area contributed by atoms with Crippen molar-refractivity contribution < 1.29 is 17.8 Å². The summed E-state index contributed by atoms with van der Waals surface area (Å²) in [6.07, 6.45) is 0. The van der Waals surface area contributed by atoms with Crippen molar-refractivity contribution in [2.24, 2.45) is 0 Å². The maximum Gasteiger partial charge on any atom is 0.266 e. The maximum absolute atomic E-state index is 12.6. The van der Waals surface area contributed by atoms with Gasteiger partial charge in [0.25, 0.3) is 16.0 Å². The highest BCUT2D eigenvalue weighted by Gasteiger charge is 2.18. The molecule has 2 aromatic carbocycles. The monoisotopic (exact) mass is 460 g/mol. The number of nitrogens with zero attached hydrogens (tertiary/aromatic N) is 3. The summed E-state index contributed by atoms with van der Waals surface area (Å²) < 4.78 is 30.7. The molecule has 1 fully saturated rings. The first-order valence-electron chi connectivity index (χ1n) is 10.7. The predicted molar refractivity (Wildman–Crippen MR) is 128 cm³/mol. The van der Waals surface area contributed by atoms with E-state index in [9.17, 15) is 13.2 Å². The van der Waals surface area contributed by atoms with Gasteiger partial charge in [0, 0.05) is 70.3 Å². The summed E-state index contributed by atoms with van der Waals surface area (Å²) in [5.41, 5.74) is 4.71. The number of carbonyl (C=O) groups is 1. The van der Waals surface area contributed by atoms with Crippen LogP contribution in [0.15, 0.2) is 42.5 Å². The van der Waals surface area contributed by atoms with Crippen LogP contribution in [0.1, 0.15) is 21.5 Å². The molecule has 0 atom stereocenters. The third-order valence-corrected chi connectivity index (χ3v) is 6.40. The van der Waals surface area contributed by atoms with Gasteiger partial charge in [0.2, 0.25) is 0 Å². The van der Waals surface area contributed by atoms with Gasteiger partial charge in [0.1, 0.15) is 0 Å². The van der Waals surface area contributed by atoms with E-state index in [1.54, 1.807) is 0 Å². The Bertz CT molecular complexity index is 1030. The van der Waals surface area contributed by atoms with Gasteiger partial charge < -0.3 is 10.2 Å². The molecule has 2 N–H and O–H groups in total. The molecule has 0 spiro atoms. The van der Waals surface area contributed by atoms with E-state index in [0.29, 0.717) is 12.1 Å². The molecule has 1 heterocycles. The standard InChI is InChI=1S/C23H32N4O4S/c1-18-4-9-21(16-22(18)25(2)3)24-23(28)20-7-5-19(6-8-20)17-27-12-10-26(11-13-27)14-15-32(29,30)31/h4-9,16H,10-15,17H2,1-3H3,(H,24,28)(H,29,30,31). The molecular weight excluding hydrogens is 428 g/mol. The number of nitrogens with one attached hydrogen (secondary N) is 1. The zero-order valence-electron chi connectivity index (χ0n) is 18.9. The average Bonchev–Trinajstić information content (AvgIpc) is 2.74. The summed E-state index contributed by atoms with van der Waals surface area (Å²) in [6.45, 7) is 6.36. The fourth-order valence-corrected chi connectivity index (χ4v) is 4.30. The van der Waals surface area contributed by atoms with E-state index in [4.69, 9.17) is 4.55 Å². The number of carbonyl (C=O) groups excluding carboxylic acids is 1. The lowest BCUT2D eigenvalue weighted by molar-refractivity contribution is 0.102. The lowest BCUT2D eigenvalue weighted by Gasteiger charge is -2.34. The molecule has 8 nitrogen and oxygen atoms in total. The Kier molecular flexibility index (Phi) is 7.89. The van der Waals surface area contributed by atoms with Gasteiger partial charge in [0.15, 0.2) is 0 Å². The number of rotatable bonds is 8. The molecule has 0 unspecified atom stereocenters. The van der Waals surface area contributed by atoms with E-state index in [-0.39, 0.29) is 11.7 Å². The minimum atomic E-state index is -3.91. The van der Waals surface area contributed by atoms with Crippen LogP contribution in [0.3, 0.4) is 0 Å². The number of amides is 1. The molecule has 0 aliphatic carbocycles. The first-order chi connectivity index (χ1) is 15.1. The number of hydrogen-bond donors (Lipinski definition) is 2. The Morgan fingerprint density at radius 2 is 1.66 bits per heavy atom. The van der Waals surface area contributed by atoms with Crippen LogP contribution >= 0.6 is 0 Å². The number of benzene rings is 2. The van der Waals surface area contributed by atoms with Crippen LogP contribution in [0.25, 0.3) is 0 Å². The summed E-state index contributed by atoms with van der Waals surface area (Å²) in [7, 11) is 0.0416. The third kappa shape index (κ3) is 7.03. The molecule has 0 bridgehead atoms. The van der Waals surface area contributed by atoms with Gasteiger partial charge in [-0.25, -0.2) is 0 Å². The summed E-state index contributed by atoms with van der Waals surface area (Å²) in [5, 5.41) is 2.97. The normalized spacial score (nSPS) is 15.5. The highest BCUT2D eigenvalue weighted by molar-refractivity contribution is 7.85. The van der Waals surface area contributed by atoms with Crippen LogP contribution in [-0.4, -0.2) is 81.2 Å². The van der Waals surface area contributed by atoms with Crippen molar-refractivity contribution in [3.8, 4) is 0 Å². The van der Waals surface area contributed by atoms with Crippen molar-refractivity contribution in [3.05, 3.63) is 59.2 Å². The van der Waals surface area contributed by atoms with Crippen LogP contribution in [0.5, 0.6) is 0 Å². The second kappa shape index (κ2) is 10.4. The predicted octanol–water partition coefficient (Wildman–Crippen LogP) is 2.32. The zero-order chi connectivity index (χ0) is 23.3. The molecular formula is C23H32N4O4S. The zero-order valence-corrected chi connectivity index (χ0v) is 19.7. The first-order valence-corrected chi connectivity index (χ1v) is 12.3. The van der Waals surface area contributed by atoms with E-state index in [2.05, 4.69) is 10.2 Å². The second-order valence-electron chi connectivity index (χ2n) is 8.45. The third-order valence-electron chi connectivity index (χ3n) is 5.70. The van der Waals surface area contributed by atoms with E-state index in [1.165, 1.54) is 0 Å². The molecule has 1 saturated heterocycles. The second-order valence-corrected chi connectivity index (χ2v) is 10.0. The minimum Gasteiger partial charge on any atom is -0.377 e. The first kappa shape index (κ1) is 24.2. The number of anilines is 2. The van der Waals surface area contributed by atoms with Crippen LogP contribution in [0.4, 0.5) is 11.4 Å². The van der Waals surface area contributed by atoms with Crippen molar-refractivity contribution in [1.29, 1.82) is 0 Å². The van der Waals surface area contributed by atoms with E-state index >= 15 is 0 Å². The Balaban J connectivity index is 1.51. The van der Waals surface area contributed by atoms with Crippen molar-refractivity contribution in [3.63, 3.8) is 0 Å². The summed E-state index contributed by atoms with van der Waals surface area (Å²) >= 11 is 0. The van der Waals surface area contributed by atoms with Gasteiger partial charge in [0.05, 0.1) is 5.75 Å². The van der Waals surface area contributed by atoms with Gasteiger partial charge in [-0.15, -0.1) is 0 Å². The Morgan fingerprint density at radius 3 is 2.25 bits per heavy atom. The SMILES string of the molecule is Cc1ccc(NC(=O)c2ccc(CN3CCN(CCS(=O)(=O)O)CC3)cc2)cc1N(C)C. The molecule has 1 aliphatic heterocycles. The summed E-state index contributed by atoms with van der Waals surface area (Å²) in [5.74, 6) is -0.368. The van der Waals surface area contributed by atoms with Crippen LogP contribution < -0.4 is 10.2 Å². The molecule has 0 aromatic heterocycles. The van der Waals surface area contributed by atoms with Gasteiger partial charge in [-0.2, -0.15) is 8.42 Å². The molecule has 1 aliphatic rings. The molecule has 0 radical (unpaired) electrons. The Morgan fingerprint density at radius 1 is 1.03 bits per heavy atom. The molecule has 0 saturated carbocycles. The smallest absolute Gasteiger partial charge is 0.266 e. The minimum absolute atomic E-state index is 0.141. The summed E-state index contributed by atoms with van der Waals surface area (Å²) in [4.78, 5) is 19.0. The lowest BCUT2D eigenvalue weighted by Crippen LogP contribution is -2.47. The fraction of sp³-hybridized carbons (Fsp3) is 0.435. The van der Waals surface area contributed by atoms with Crippen LogP contribution in [0.2, 0.25) is 0 Å². The molecule has 1 amide bonds. The van der Waals surface area contributed by atoms with Gasteiger partial charge in [-0.3, -0.25) is 19.1 Å². The molecule has 3 rings (SSSR count). The van der Waals surface area contributed by atoms with Gasteiger partial charge in [-0.1, -0.05) is 18.2 Å². The highest BCUT2D eigenvalue weighted by Crippen LogP contribution is 2.23. The Labute approximate surface area is 190 Å². The van der Waals surface area contributed by atoms with Crippen LogP contribution in [-0.2, 0) is 16.7 Å². The summed E-state index contributed by atoms with van der Waals surface area (Å²) in [6, 6.07) is 13.5. The van der Waals surface area contributed by atoms with Crippen molar-refractivity contribution in [2.75, 3.05) is 62.8 Å².